The van der Waals surface area contributed by atoms with Crippen LogP contribution in [0.4, 0.5) is 23.2 Å². The fraction of sp³-hybridized carbons (Fsp3) is 0.286. The van der Waals surface area contributed by atoms with Gasteiger partial charge in [-0.25, -0.2) is 9.18 Å². The van der Waals surface area contributed by atoms with Crippen LogP contribution in [-0.4, -0.2) is 35.0 Å². The van der Waals surface area contributed by atoms with Crippen LogP contribution in [0.15, 0.2) is 54.6 Å². The van der Waals surface area contributed by atoms with E-state index < -0.39 is 47.1 Å². The van der Waals surface area contributed by atoms with Crippen molar-refractivity contribution in [1.82, 2.24) is 4.90 Å². The number of aliphatic carboxylic acids is 1. The minimum absolute atomic E-state index is 0.0808. The molecule has 1 unspecified atom stereocenters. The Kier molecular flexibility index (Phi) is 8.72. The number of likely N-dealkylation sites (N-methyl/N-ethyl adjacent to an activating group) is 1. The number of amides is 1. The first-order chi connectivity index (χ1) is 17.8. The SMILES string of the molecule is CCC(Nc1cc(-c2ccccc2F)cc(C(F)(F)F)c1C(=O)N(C)[C@@H](C)C(=O)O)c1ccc(Cl)c(C)c1. The van der Waals surface area contributed by atoms with Crippen molar-refractivity contribution >= 4 is 29.2 Å². The average Bonchev–Trinajstić information content (AvgIpc) is 2.86. The Balaban J connectivity index is 2.30. The number of rotatable bonds is 8. The molecule has 0 aliphatic carbocycles. The van der Waals surface area contributed by atoms with Crippen molar-refractivity contribution in [3.8, 4) is 11.1 Å². The van der Waals surface area contributed by atoms with Crippen LogP contribution < -0.4 is 5.32 Å². The van der Waals surface area contributed by atoms with E-state index in [0.29, 0.717) is 23.1 Å². The molecule has 0 saturated carbocycles. The predicted octanol–water partition coefficient (Wildman–Crippen LogP) is 7.58. The molecule has 3 aromatic carbocycles. The number of alkyl halides is 3. The van der Waals surface area contributed by atoms with Crippen LogP contribution in [0.5, 0.6) is 0 Å². The Morgan fingerprint density at radius 3 is 2.32 bits per heavy atom. The molecule has 202 valence electrons. The third-order valence-electron chi connectivity index (χ3n) is 6.42. The number of hydrogen-bond acceptors (Lipinski definition) is 3. The summed E-state index contributed by atoms with van der Waals surface area (Å²) in [5.41, 5.74) is -0.966. The summed E-state index contributed by atoms with van der Waals surface area (Å²) in [7, 11) is 1.12. The maximum absolute atomic E-state index is 14.6. The summed E-state index contributed by atoms with van der Waals surface area (Å²) in [6.45, 7) is 4.79. The van der Waals surface area contributed by atoms with Crippen LogP contribution in [0.2, 0.25) is 5.02 Å². The molecular formula is C28H27ClF4N2O3. The lowest BCUT2D eigenvalue weighted by Crippen LogP contribution is -2.41. The van der Waals surface area contributed by atoms with Gasteiger partial charge in [0.2, 0.25) is 0 Å². The highest BCUT2D eigenvalue weighted by Crippen LogP contribution is 2.41. The van der Waals surface area contributed by atoms with Crippen LogP contribution in [0, 0.1) is 12.7 Å². The Hall–Kier alpha value is -3.59. The van der Waals surface area contributed by atoms with Gasteiger partial charge in [0.15, 0.2) is 0 Å². The molecule has 3 aromatic rings. The van der Waals surface area contributed by atoms with Gasteiger partial charge in [0.25, 0.3) is 5.91 Å². The normalized spacial score (nSPS) is 13.1. The van der Waals surface area contributed by atoms with E-state index in [1.807, 2.05) is 6.92 Å². The molecule has 0 fully saturated rings. The number of carboxylic acids is 1. The summed E-state index contributed by atoms with van der Waals surface area (Å²) >= 11 is 6.14. The number of aryl methyl sites for hydroxylation is 1. The van der Waals surface area contributed by atoms with Crippen LogP contribution >= 0.6 is 11.6 Å². The zero-order chi connectivity index (χ0) is 28.4. The zero-order valence-electron chi connectivity index (χ0n) is 21.2. The number of carbonyl (C=O) groups excluding carboxylic acids is 1. The van der Waals surface area contributed by atoms with Crippen molar-refractivity contribution in [2.75, 3.05) is 12.4 Å². The molecule has 5 nitrogen and oxygen atoms in total. The Bertz CT molecular complexity index is 1360. The fourth-order valence-corrected chi connectivity index (χ4v) is 4.19. The van der Waals surface area contributed by atoms with Crippen molar-refractivity contribution in [2.24, 2.45) is 0 Å². The number of anilines is 1. The van der Waals surface area contributed by atoms with Gasteiger partial charge in [-0.1, -0.05) is 48.9 Å². The molecule has 0 aliphatic heterocycles. The molecule has 38 heavy (non-hydrogen) atoms. The number of nitrogens with one attached hydrogen (secondary N) is 1. The number of hydrogen-bond donors (Lipinski definition) is 2. The van der Waals surface area contributed by atoms with E-state index in [9.17, 15) is 32.3 Å². The molecule has 0 radical (unpaired) electrons. The summed E-state index contributed by atoms with van der Waals surface area (Å²) in [6.07, 6.45) is -4.59. The molecule has 2 atom stereocenters. The summed E-state index contributed by atoms with van der Waals surface area (Å²) < 4.78 is 57.9. The highest BCUT2D eigenvalue weighted by molar-refractivity contribution is 6.31. The van der Waals surface area contributed by atoms with Crippen LogP contribution in [-0.2, 0) is 11.0 Å². The average molecular weight is 551 g/mol. The largest absolute Gasteiger partial charge is 0.480 e. The first kappa shape index (κ1) is 29.0. The molecule has 0 aliphatic rings. The van der Waals surface area contributed by atoms with Crippen molar-refractivity contribution in [3.63, 3.8) is 0 Å². The van der Waals surface area contributed by atoms with Gasteiger partial charge in [0.1, 0.15) is 11.9 Å². The van der Waals surface area contributed by atoms with Crippen LogP contribution in [0.25, 0.3) is 11.1 Å². The highest BCUT2D eigenvalue weighted by Gasteiger charge is 2.39. The number of benzene rings is 3. The summed E-state index contributed by atoms with van der Waals surface area (Å²) in [4.78, 5) is 25.7. The quantitative estimate of drug-likeness (QED) is 0.284. The molecule has 0 bridgehead atoms. The predicted molar refractivity (Wildman–Crippen MR) is 139 cm³/mol. The van der Waals surface area contributed by atoms with Gasteiger partial charge in [-0.15, -0.1) is 0 Å². The van der Waals surface area contributed by atoms with Gasteiger partial charge >= 0.3 is 12.1 Å². The number of nitrogens with zero attached hydrogens (tertiary/aromatic N) is 1. The van der Waals surface area contributed by atoms with Gasteiger partial charge < -0.3 is 15.3 Å². The molecule has 1 amide bonds. The summed E-state index contributed by atoms with van der Waals surface area (Å²) in [5, 5.41) is 12.9. The molecule has 2 N–H and O–H groups in total. The van der Waals surface area contributed by atoms with Crippen molar-refractivity contribution < 1.29 is 32.3 Å². The van der Waals surface area contributed by atoms with E-state index in [1.165, 1.54) is 31.2 Å². The number of carbonyl (C=O) groups is 2. The molecular weight excluding hydrogens is 524 g/mol. The van der Waals surface area contributed by atoms with E-state index in [4.69, 9.17) is 11.6 Å². The second-order valence-corrected chi connectivity index (χ2v) is 9.38. The van der Waals surface area contributed by atoms with Crippen LogP contribution in [0.1, 0.15) is 53.4 Å². The molecule has 10 heteroatoms. The monoisotopic (exact) mass is 550 g/mol. The third-order valence-corrected chi connectivity index (χ3v) is 6.85. The van der Waals surface area contributed by atoms with E-state index in [1.54, 1.807) is 25.1 Å². The lowest BCUT2D eigenvalue weighted by molar-refractivity contribution is -0.141. The first-order valence-corrected chi connectivity index (χ1v) is 12.2. The van der Waals surface area contributed by atoms with Gasteiger partial charge in [0.05, 0.1) is 17.2 Å². The Morgan fingerprint density at radius 2 is 1.76 bits per heavy atom. The third kappa shape index (κ3) is 6.10. The van der Waals surface area contributed by atoms with Crippen molar-refractivity contribution in [2.45, 2.75) is 45.5 Å². The Morgan fingerprint density at radius 1 is 1.11 bits per heavy atom. The molecule has 0 heterocycles. The van der Waals surface area contributed by atoms with Crippen molar-refractivity contribution in [3.05, 3.63) is 87.7 Å². The molecule has 0 saturated heterocycles. The fourth-order valence-electron chi connectivity index (χ4n) is 4.07. The van der Waals surface area contributed by atoms with Gasteiger partial charge in [-0.05, 0) is 61.2 Å². The van der Waals surface area contributed by atoms with Crippen LogP contribution in [0.3, 0.4) is 0 Å². The second-order valence-electron chi connectivity index (χ2n) is 8.97. The minimum atomic E-state index is -5.01. The van der Waals surface area contributed by atoms with Gasteiger partial charge in [-0.2, -0.15) is 13.2 Å². The highest BCUT2D eigenvalue weighted by atomic mass is 35.5. The maximum Gasteiger partial charge on any atom is 0.417 e. The van der Waals surface area contributed by atoms with Gasteiger partial charge in [-0.3, -0.25) is 4.79 Å². The molecule has 3 rings (SSSR count). The zero-order valence-corrected chi connectivity index (χ0v) is 21.9. The summed E-state index contributed by atoms with van der Waals surface area (Å²) in [5.74, 6) is -3.26. The number of carboxylic acid groups (broad SMARTS) is 1. The Labute approximate surface area is 223 Å². The number of halogens is 5. The van der Waals surface area contributed by atoms with E-state index in [-0.39, 0.29) is 16.8 Å². The van der Waals surface area contributed by atoms with Gasteiger partial charge in [0, 0.05) is 23.3 Å². The lowest BCUT2D eigenvalue weighted by atomic mass is 9.94. The summed E-state index contributed by atoms with van der Waals surface area (Å²) in [6, 6.07) is 10.6. The van der Waals surface area contributed by atoms with Crippen molar-refractivity contribution in [1.29, 1.82) is 0 Å². The lowest BCUT2D eigenvalue weighted by Gasteiger charge is -2.28. The van der Waals surface area contributed by atoms with E-state index in [0.717, 1.165) is 23.6 Å². The second kappa shape index (κ2) is 11.4. The topological polar surface area (TPSA) is 69.6 Å². The standard InChI is InChI=1S/C28H27ClF4N2O3/c1-5-23(17-10-11-21(29)15(2)12-17)34-24-14-18(19-8-6-7-9-22(19)30)13-20(28(31,32)33)25(24)26(36)35(4)16(3)27(37)38/h6-14,16,23,34H,5H2,1-4H3,(H,37,38)/t16-,23?/m0/s1. The first-order valence-electron chi connectivity index (χ1n) is 11.8. The molecule has 0 aromatic heterocycles. The van der Waals surface area contributed by atoms with E-state index >= 15 is 0 Å². The minimum Gasteiger partial charge on any atom is -0.480 e. The van der Waals surface area contributed by atoms with E-state index in [2.05, 4.69) is 5.32 Å². The smallest absolute Gasteiger partial charge is 0.417 e. The molecule has 0 spiro atoms. The maximum atomic E-state index is 14.6.